The van der Waals surface area contributed by atoms with E-state index in [1.807, 2.05) is 5.38 Å². The number of hydrogen-bond donors (Lipinski definition) is 0. The molecule has 7 heteroatoms. The summed E-state index contributed by atoms with van der Waals surface area (Å²) >= 11 is 13.6. The van der Waals surface area contributed by atoms with E-state index in [9.17, 15) is 4.79 Å². The number of thiazole rings is 1. The van der Waals surface area contributed by atoms with Gasteiger partial charge in [-0.1, -0.05) is 42.5 Å². The Hall–Kier alpha value is -1.14. The van der Waals surface area contributed by atoms with Gasteiger partial charge in [-0.2, -0.15) is 0 Å². The van der Waals surface area contributed by atoms with Crippen molar-refractivity contribution in [2.45, 2.75) is 45.6 Å². The van der Waals surface area contributed by atoms with Crippen LogP contribution in [-0.2, 0) is 11.3 Å². The van der Waals surface area contributed by atoms with Crippen LogP contribution in [0.2, 0.25) is 10.0 Å². The molecule has 0 saturated carbocycles. The lowest BCUT2D eigenvalue weighted by molar-refractivity contribution is -0.115. The normalized spacial score (nSPS) is 16.1. The van der Waals surface area contributed by atoms with Crippen LogP contribution < -0.4 is 4.90 Å². The molecule has 0 spiro atoms. The van der Waals surface area contributed by atoms with Gasteiger partial charge in [0.15, 0.2) is 5.13 Å². The highest BCUT2D eigenvalue weighted by Crippen LogP contribution is 2.33. The molecule has 3 rings (SSSR count). The van der Waals surface area contributed by atoms with Crippen molar-refractivity contribution in [3.63, 3.8) is 0 Å². The van der Waals surface area contributed by atoms with E-state index >= 15 is 0 Å². The summed E-state index contributed by atoms with van der Waals surface area (Å²) in [5.74, 6) is -0.101. The fourth-order valence-electron chi connectivity index (χ4n) is 3.22. The van der Waals surface area contributed by atoms with Crippen LogP contribution in [0.1, 0.15) is 44.7 Å². The summed E-state index contributed by atoms with van der Waals surface area (Å²) in [5.41, 5.74) is 1.69. The summed E-state index contributed by atoms with van der Waals surface area (Å²) in [6, 6.07) is 5.18. The van der Waals surface area contributed by atoms with Crippen molar-refractivity contribution >= 4 is 51.3 Å². The van der Waals surface area contributed by atoms with Crippen molar-refractivity contribution in [3.05, 3.63) is 39.3 Å². The van der Waals surface area contributed by atoms with E-state index in [1.165, 1.54) is 50.4 Å². The first-order chi connectivity index (χ1) is 12.5. The average molecular weight is 412 g/mol. The molecule has 0 N–H and O–H groups in total. The molecule has 1 amide bonds. The Kier molecular flexibility index (Phi) is 6.92. The lowest BCUT2D eigenvalue weighted by atomic mass is 10.1. The maximum absolute atomic E-state index is 12.2. The Labute approximate surface area is 168 Å². The van der Waals surface area contributed by atoms with Gasteiger partial charge >= 0.3 is 0 Å². The SMILES string of the molecule is CC(=O)N(c1ccc(Cl)c(Cl)c1)c1nc(CN2CCCCCCC2)cs1. The van der Waals surface area contributed by atoms with Gasteiger partial charge in [0.25, 0.3) is 0 Å². The molecule has 0 bridgehead atoms. The van der Waals surface area contributed by atoms with Gasteiger partial charge in [0.2, 0.25) is 5.91 Å². The van der Waals surface area contributed by atoms with Crippen molar-refractivity contribution in [1.29, 1.82) is 0 Å². The number of likely N-dealkylation sites (tertiary alicyclic amines) is 1. The largest absolute Gasteiger partial charge is 0.297 e. The number of carbonyl (C=O) groups is 1. The number of amides is 1. The van der Waals surface area contributed by atoms with Crippen LogP contribution in [0.3, 0.4) is 0 Å². The molecule has 0 atom stereocenters. The zero-order valence-corrected chi connectivity index (χ0v) is 17.2. The maximum atomic E-state index is 12.2. The number of rotatable bonds is 4. The first kappa shape index (κ1) is 19.6. The summed E-state index contributed by atoms with van der Waals surface area (Å²) < 4.78 is 0. The van der Waals surface area contributed by atoms with Crippen LogP contribution in [0.5, 0.6) is 0 Å². The van der Waals surface area contributed by atoms with Gasteiger partial charge in [-0.3, -0.25) is 14.6 Å². The van der Waals surface area contributed by atoms with E-state index < -0.39 is 0 Å². The summed E-state index contributed by atoms with van der Waals surface area (Å²) in [6.07, 6.45) is 6.48. The average Bonchev–Trinajstić information content (AvgIpc) is 3.01. The molecular formula is C19H23Cl2N3OS. The van der Waals surface area contributed by atoms with E-state index in [2.05, 4.69) is 4.90 Å². The van der Waals surface area contributed by atoms with Crippen LogP contribution in [0.4, 0.5) is 10.8 Å². The number of benzene rings is 1. The topological polar surface area (TPSA) is 36.4 Å². The zero-order chi connectivity index (χ0) is 18.5. The molecule has 1 aromatic carbocycles. The zero-order valence-electron chi connectivity index (χ0n) is 14.9. The van der Waals surface area contributed by atoms with E-state index in [-0.39, 0.29) is 5.91 Å². The van der Waals surface area contributed by atoms with Gasteiger partial charge in [-0.15, -0.1) is 11.3 Å². The Morgan fingerprint density at radius 1 is 1.15 bits per heavy atom. The van der Waals surface area contributed by atoms with Crippen LogP contribution in [0.25, 0.3) is 0 Å². The maximum Gasteiger partial charge on any atom is 0.230 e. The van der Waals surface area contributed by atoms with Crippen molar-refractivity contribution in [2.75, 3.05) is 18.0 Å². The second kappa shape index (κ2) is 9.18. The predicted octanol–water partition coefficient (Wildman–Crippen LogP) is 5.90. The van der Waals surface area contributed by atoms with Crippen LogP contribution in [0.15, 0.2) is 23.6 Å². The summed E-state index contributed by atoms with van der Waals surface area (Å²) in [5, 5.41) is 3.60. The second-order valence-corrected chi connectivity index (χ2v) is 8.27. The van der Waals surface area contributed by atoms with E-state index in [4.69, 9.17) is 28.2 Å². The molecule has 0 radical (unpaired) electrons. The van der Waals surface area contributed by atoms with Crippen molar-refractivity contribution in [3.8, 4) is 0 Å². The second-order valence-electron chi connectivity index (χ2n) is 6.62. The van der Waals surface area contributed by atoms with Gasteiger partial charge in [-0.05, 0) is 44.1 Å². The summed E-state index contributed by atoms with van der Waals surface area (Å²) in [7, 11) is 0. The molecular weight excluding hydrogens is 389 g/mol. The molecule has 1 fully saturated rings. The Morgan fingerprint density at radius 2 is 1.85 bits per heavy atom. The first-order valence-electron chi connectivity index (χ1n) is 8.97. The van der Waals surface area contributed by atoms with Gasteiger partial charge < -0.3 is 0 Å². The fraction of sp³-hybridized carbons (Fsp3) is 0.474. The van der Waals surface area contributed by atoms with Crippen LogP contribution in [0, 0.1) is 0 Å². The minimum atomic E-state index is -0.101. The quantitative estimate of drug-likeness (QED) is 0.627. The molecule has 0 aliphatic carbocycles. The molecule has 1 saturated heterocycles. The van der Waals surface area contributed by atoms with Crippen LogP contribution >= 0.6 is 34.5 Å². The van der Waals surface area contributed by atoms with Crippen molar-refractivity contribution in [1.82, 2.24) is 9.88 Å². The van der Waals surface area contributed by atoms with Crippen LogP contribution in [-0.4, -0.2) is 28.9 Å². The third kappa shape index (κ3) is 4.97. The Balaban J connectivity index is 1.76. The minimum Gasteiger partial charge on any atom is -0.297 e. The molecule has 0 unspecified atom stereocenters. The van der Waals surface area contributed by atoms with Crippen molar-refractivity contribution < 1.29 is 4.79 Å². The van der Waals surface area contributed by atoms with Crippen molar-refractivity contribution in [2.24, 2.45) is 0 Å². The Bertz CT molecular complexity index is 757. The number of halogens is 2. The lowest BCUT2D eigenvalue weighted by Gasteiger charge is -2.23. The molecule has 1 aliphatic rings. The summed E-state index contributed by atoms with van der Waals surface area (Å²) in [6.45, 7) is 4.61. The van der Waals surface area contributed by atoms with E-state index in [1.54, 1.807) is 23.1 Å². The molecule has 1 aliphatic heterocycles. The van der Waals surface area contributed by atoms with Gasteiger partial charge in [-0.25, -0.2) is 4.98 Å². The van der Waals surface area contributed by atoms with E-state index in [0.29, 0.717) is 20.9 Å². The monoisotopic (exact) mass is 411 g/mol. The molecule has 2 heterocycles. The standard InChI is InChI=1S/C19H23Cl2N3OS/c1-14(25)24(16-7-8-17(20)18(21)11-16)19-22-15(13-26-19)12-23-9-5-3-2-4-6-10-23/h7-8,11,13H,2-6,9-10,12H2,1H3. The highest BCUT2D eigenvalue weighted by atomic mass is 35.5. The minimum absolute atomic E-state index is 0.101. The molecule has 4 nitrogen and oxygen atoms in total. The molecule has 1 aromatic heterocycles. The molecule has 26 heavy (non-hydrogen) atoms. The van der Waals surface area contributed by atoms with Gasteiger partial charge in [0.1, 0.15) is 0 Å². The highest BCUT2D eigenvalue weighted by Gasteiger charge is 2.20. The predicted molar refractivity (Wildman–Crippen MR) is 110 cm³/mol. The third-order valence-corrected chi connectivity index (χ3v) is 6.16. The van der Waals surface area contributed by atoms with Gasteiger partial charge in [0, 0.05) is 18.8 Å². The number of anilines is 2. The lowest BCUT2D eigenvalue weighted by Crippen LogP contribution is -2.27. The van der Waals surface area contributed by atoms with E-state index in [0.717, 1.165) is 25.3 Å². The molecule has 140 valence electrons. The smallest absolute Gasteiger partial charge is 0.230 e. The first-order valence-corrected chi connectivity index (χ1v) is 10.6. The fourth-order valence-corrected chi connectivity index (χ4v) is 4.39. The van der Waals surface area contributed by atoms with Gasteiger partial charge in [0.05, 0.1) is 21.4 Å². The number of nitrogens with zero attached hydrogens (tertiary/aromatic N) is 3. The third-order valence-electron chi connectivity index (χ3n) is 4.54. The molecule has 2 aromatic rings. The number of aromatic nitrogens is 1. The summed E-state index contributed by atoms with van der Waals surface area (Å²) in [4.78, 5) is 21.0. The Morgan fingerprint density at radius 3 is 2.50 bits per heavy atom. The highest BCUT2D eigenvalue weighted by molar-refractivity contribution is 7.14. The number of hydrogen-bond acceptors (Lipinski definition) is 4. The number of carbonyl (C=O) groups excluding carboxylic acids is 1.